The molecule has 27 heavy (non-hydrogen) atoms. The van der Waals surface area contributed by atoms with Crippen molar-refractivity contribution < 1.29 is 14.4 Å². The highest BCUT2D eigenvalue weighted by Gasteiger charge is 2.40. The molecule has 0 radical (unpaired) electrons. The van der Waals surface area contributed by atoms with Gasteiger partial charge in [0.2, 0.25) is 5.96 Å². The number of Topliss-reactive ketones (excluding diaryl/α,β-unsaturated/α-hetero) is 1. The number of halogens is 2. The molecule has 1 aliphatic heterocycles. The average molecular weight is 409 g/mol. The molecule has 0 aliphatic carbocycles. The van der Waals surface area contributed by atoms with Crippen molar-refractivity contribution in [2.45, 2.75) is 19.5 Å². The van der Waals surface area contributed by atoms with Crippen molar-refractivity contribution in [2.24, 2.45) is 4.99 Å². The van der Waals surface area contributed by atoms with E-state index in [1.165, 1.54) is 18.1 Å². The second-order valence-electron chi connectivity index (χ2n) is 5.75. The standard InChI is InChI=1S/C16H14Cl2N6O3/c1-8-20-7-21-24(8)16-22-12(13(25)15(27)23(16)2)14(26)19-6-9-3-4-10(17)11(18)5-9/h3-5,7,12H,6H2,1-2H3,(H,19,26). The summed E-state index contributed by atoms with van der Waals surface area (Å²) in [6.45, 7) is 1.75. The molecule has 0 bridgehead atoms. The number of carbonyl (C=O) groups excluding carboxylic acids is 3. The van der Waals surface area contributed by atoms with Crippen LogP contribution in [0.2, 0.25) is 10.0 Å². The van der Waals surface area contributed by atoms with Crippen molar-refractivity contribution >= 4 is 46.8 Å². The van der Waals surface area contributed by atoms with Gasteiger partial charge in [-0.1, -0.05) is 29.3 Å². The molecular weight excluding hydrogens is 395 g/mol. The molecule has 0 saturated heterocycles. The van der Waals surface area contributed by atoms with Crippen LogP contribution in [0.4, 0.5) is 0 Å². The number of benzene rings is 1. The van der Waals surface area contributed by atoms with Gasteiger partial charge in [0.25, 0.3) is 17.6 Å². The summed E-state index contributed by atoms with van der Waals surface area (Å²) >= 11 is 11.8. The molecule has 140 valence electrons. The number of aliphatic imine (C=N–C) groups is 1. The zero-order valence-electron chi connectivity index (χ0n) is 14.3. The molecule has 1 aromatic heterocycles. The van der Waals surface area contributed by atoms with Crippen LogP contribution >= 0.6 is 23.2 Å². The Labute approximate surface area is 164 Å². The maximum atomic E-state index is 12.5. The zero-order valence-corrected chi connectivity index (χ0v) is 15.8. The van der Waals surface area contributed by atoms with E-state index < -0.39 is 23.6 Å². The van der Waals surface area contributed by atoms with Crippen LogP contribution in [-0.4, -0.2) is 56.3 Å². The average Bonchev–Trinajstić information content (AvgIpc) is 3.06. The largest absolute Gasteiger partial charge is 0.350 e. The summed E-state index contributed by atoms with van der Waals surface area (Å²) in [6.07, 6.45) is 1.28. The molecule has 2 amide bonds. The molecule has 1 N–H and O–H groups in total. The summed E-state index contributed by atoms with van der Waals surface area (Å²) in [5.74, 6) is -1.99. The van der Waals surface area contributed by atoms with Crippen LogP contribution < -0.4 is 5.32 Å². The number of nitrogens with zero attached hydrogens (tertiary/aromatic N) is 5. The number of carbonyl (C=O) groups is 3. The van der Waals surface area contributed by atoms with Gasteiger partial charge in [0.05, 0.1) is 10.0 Å². The summed E-state index contributed by atoms with van der Waals surface area (Å²) in [5, 5.41) is 7.27. The first-order chi connectivity index (χ1) is 12.8. The highest BCUT2D eigenvalue weighted by atomic mass is 35.5. The summed E-state index contributed by atoms with van der Waals surface area (Å²) in [6, 6.07) is 3.37. The Hall–Kier alpha value is -2.78. The summed E-state index contributed by atoms with van der Waals surface area (Å²) in [5.41, 5.74) is 0.681. The SMILES string of the molecule is Cc1ncnn1C1=NC(C(=O)NCc2ccc(Cl)c(Cl)c2)C(=O)C(=O)N1C. The molecule has 3 rings (SSSR count). The highest BCUT2D eigenvalue weighted by molar-refractivity contribution is 6.46. The van der Waals surface area contributed by atoms with E-state index in [0.29, 0.717) is 21.4 Å². The van der Waals surface area contributed by atoms with E-state index in [1.54, 1.807) is 25.1 Å². The lowest BCUT2D eigenvalue weighted by Gasteiger charge is -2.26. The second-order valence-corrected chi connectivity index (χ2v) is 6.56. The van der Waals surface area contributed by atoms with Crippen LogP contribution in [0.3, 0.4) is 0 Å². The van der Waals surface area contributed by atoms with E-state index in [2.05, 4.69) is 20.4 Å². The number of hydrogen-bond acceptors (Lipinski definition) is 6. The predicted molar refractivity (Wildman–Crippen MR) is 97.5 cm³/mol. The number of aromatic nitrogens is 3. The fraction of sp³-hybridized carbons (Fsp3) is 0.250. The number of ketones is 1. The lowest BCUT2D eigenvalue weighted by atomic mass is 10.1. The smallest absolute Gasteiger partial charge is 0.299 e. The van der Waals surface area contributed by atoms with Crippen LogP contribution in [0.1, 0.15) is 11.4 Å². The van der Waals surface area contributed by atoms with E-state index >= 15 is 0 Å². The van der Waals surface area contributed by atoms with Crippen molar-refractivity contribution in [3.8, 4) is 0 Å². The van der Waals surface area contributed by atoms with Gasteiger partial charge >= 0.3 is 0 Å². The highest BCUT2D eigenvalue weighted by Crippen LogP contribution is 2.22. The Morgan fingerprint density at radius 3 is 2.63 bits per heavy atom. The van der Waals surface area contributed by atoms with Crippen LogP contribution in [0.15, 0.2) is 29.5 Å². The van der Waals surface area contributed by atoms with Gasteiger partial charge in [-0.3, -0.25) is 19.3 Å². The molecule has 1 aliphatic rings. The number of aryl methyl sites for hydroxylation is 1. The number of nitrogens with one attached hydrogen (secondary N) is 1. The molecule has 0 saturated carbocycles. The first-order valence-electron chi connectivity index (χ1n) is 7.78. The lowest BCUT2D eigenvalue weighted by molar-refractivity contribution is -0.145. The molecule has 2 aromatic rings. The van der Waals surface area contributed by atoms with Crippen molar-refractivity contribution in [1.29, 1.82) is 0 Å². The van der Waals surface area contributed by atoms with Gasteiger partial charge < -0.3 is 5.32 Å². The van der Waals surface area contributed by atoms with Crippen LogP contribution in [0.25, 0.3) is 0 Å². The third-order valence-electron chi connectivity index (χ3n) is 3.92. The summed E-state index contributed by atoms with van der Waals surface area (Å²) < 4.78 is 1.28. The van der Waals surface area contributed by atoms with Gasteiger partial charge in [0.15, 0.2) is 6.04 Å². The predicted octanol–water partition coefficient (Wildman–Crippen LogP) is 0.824. The quantitative estimate of drug-likeness (QED) is 0.597. The maximum absolute atomic E-state index is 12.5. The van der Waals surface area contributed by atoms with Crippen LogP contribution in [0, 0.1) is 6.92 Å². The topological polar surface area (TPSA) is 110 Å². The second kappa shape index (κ2) is 7.45. The van der Waals surface area contributed by atoms with Crippen molar-refractivity contribution in [2.75, 3.05) is 7.05 Å². The minimum absolute atomic E-state index is 0.0456. The molecule has 0 fully saturated rings. The number of likely N-dealkylation sites (N-methyl/N-ethyl adjacent to an activating group) is 1. The summed E-state index contributed by atoms with van der Waals surface area (Å²) in [7, 11) is 1.38. The van der Waals surface area contributed by atoms with E-state index in [4.69, 9.17) is 23.2 Å². The molecule has 9 nitrogen and oxygen atoms in total. The van der Waals surface area contributed by atoms with E-state index in [1.807, 2.05) is 0 Å². The van der Waals surface area contributed by atoms with Crippen molar-refractivity contribution in [3.05, 3.63) is 46.0 Å². The number of rotatable bonds is 3. The van der Waals surface area contributed by atoms with Gasteiger partial charge in [-0.05, 0) is 24.6 Å². The summed E-state index contributed by atoms with van der Waals surface area (Å²) in [4.78, 5) is 46.1. The van der Waals surface area contributed by atoms with Crippen molar-refractivity contribution in [3.63, 3.8) is 0 Å². The van der Waals surface area contributed by atoms with Gasteiger partial charge in [-0.25, -0.2) is 9.98 Å². The minimum Gasteiger partial charge on any atom is -0.350 e. The fourth-order valence-electron chi connectivity index (χ4n) is 2.44. The molecule has 1 unspecified atom stereocenters. The molecule has 2 heterocycles. The van der Waals surface area contributed by atoms with Gasteiger partial charge in [0.1, 0.15) is 12.2 Å². The van der Waals surface area contributed by atoms with Gasteiger partial charge in [-0.15, -0.1) is 0 Å². The van der Waals surface area contributed by atoms with Gasteiger partial charge in [0, 0.05) is 13.6 Å². The number of hydrogen-bond donors (Lipinski definition) is 1. The van der Waals surface area contributed by atoms with Crippen molar-refractivity contribution in [1.82, 2.24) is 25.0 Å². The molecule has 1 aromatic carbocycles. The lowest BCUT2D eigenvalue weighted by Crippen LogP contribution is -2.54. The van der Waals surface area contributed by atoms with E-state index in [-0.39, 0.29) is 12.5 Å². The van der Waals surface area contributed by atoms with Crippen LogP contribution in [-0.2, 0) is 20.9 Å². The Kier molecular flexibility index (Phi) is 5.24. The van der Waals surface area contributed by atoms with Gasteiger partial charge in [-0.2, -0.15) is 9.78 Å². The maximum Gasteiger partial charge on any atom is 0.299 e. The minimum atomic E-state index is -1.50. The Morgan fingerprint density at radius 2 is 2.00 bits per heavy atom. The molecular formula is C16H14Cl2N6O3. The third kappa shape index (κ3) is 3.69. The van der Waals surface area contributed by atoms with Crippen LogP contribution in [0.5, 0.6) is 0 Å². The molecule has 1 atom stereocenters. The monoisotopic (exact) mass is 408 g/mol. The molecule has 0 spiro atoms. The first kappa shape index (κ1) is 19.0. The number of amides is 2. The Bertz CT molecular complexity index is 971. The third-order valence-corrected chi connectivity index (χ3v) is 4.65. The Morgan fingerprint density at radius 1 is 1.26 bits per heavy atom. The zero-order chi connectivity index (χ0) is 19.7. The normalized spacial score (nSPS) is 17.1. The first-order valence-corrected chi connectivity index (χ1v) is 8.53. The van der Waals surface area contributed by atoms with E-state index in [0.717, 1.165) is 4.90 Å². The fourth-order valence-corrected chi connectivity index (χ4v) is 2.76. The van der Waals surface area contributed by atoms with E-state index in [9.17, 15) is 14.4 Å². The Balaban J connectivity index is 1.82. The molecule has 11 heteroatoms.